The predicted octanol–water partition coefficient (Wildman–Crippen LogP) is 4.43. The van der Waals surface area contributed by atoms with Crippen molar-refractivity contribution in [1.82, 2.24) is 4.72 Å². The van der Waals surface area contributed by atoms with Crippen LogP contribution in [0.25, 0.3) is 0 Å². The summed E-state index contributed by atoms with van der Waals surface area (Å²) < 4.78 is 28.3. The highest BCUT2D eigenvalue weighted by Crippen LogP contribution is 2.25. The number of nitro benzene ring substituents is 1. The molecule has 11 heteroatoms. The van der Waals surface area contributed by atoms with Crippen LogP contribution in [0.4, 0.5) is 11.4 Å². The number of sulfonamides is 1. The minimum absolute atomic E-state index is 0.0268. The van der Waals surface area contributed by atoms with Gasteiger partial charge >= 0.3 is 0 Å². The zero-order chi connectivity index (χ0) is 23.3. The van der Waals surface area contributed by atoms with Crippen molar-refractivity contribution < 1.29 is 18.1 Å². The minimum Gasteiger partial charge on any atom is -0.324 e. The van der Waals surface area contributed by atoms with E-state index in [1.807, 2.05) is 0 Å². The first-order chi connectivity index (χ1) is 15.2. The van der Waals surface area contributed by atoms with Gasteiger partial charge in [0.2, 0.25) is 15.9 Å². The largest absolute Gasteiger partial charge is 0.324 e. The Balaban J connectivity index is 1.91. The van der Waals surface area contributed by atoms with Crippen LogP contribution in [-0.2, 0) is 21.2 Å². The topological polar surface area (TPSA) is 118 Å². The lowest BCUT2D eigenvalue weighted by molar-refractivity contribution is -0.384. The van der Waals surface area contributed by atoms with Gasteiger partial charge in [-0.1, -0.05) is 59.6 Å². The van der Waals surface area contributed by atoms with E-state index in [0.29, 0.717) is 5.56 Å². The molecular formula is C21H17Cl2N3O5S. The third-order valence-electron chi connectivity index (χ3n) is 4.40. The van der Waals surface area contributed by atoms with Crippen LogP contribution >= 0.6 is 23.2 Å². The molecule has 166 valence electrons. The van der Waals surface area contributed by atoms with Gasteiger partial charge in [0.1, 0.15) is 10.9 Å². The monoisotopic (exact) mass is 493 g/mol. The molecule has 0 aliphatic rings. The summed E-state index contributed by atoms with van der Waals surface area (Å²) in [6.07, 6.45) is 0.0268. The average molecular weight is 494 g/mol. The molecule has 0 radical (unpaired) electrons. The second kappa shape index (κ2) is 10.1. The highest BCUT2D eigenvalue weighted by Gasteiger charge is 2.28. The van der Waals surface area contributed by atoms with Gasteiger partial charge in [0, 0.05) is 22.8 Å². The zero-order valence-corrected chi connectivity index (χ0v) is 18.7. The van der Waals surface area contributed by atoms with Gasteiger partial charge in [-0.25, -0.2) is 8.42 Å². The number of rotatable bonds is 8. The summed E-state index contributed by atoms with van der Waals surface area (Å²) in [6.45, 7) is 0. The molecule has 0 fully saturated rings. The third kappa shape index (κ3) is 6.04. The van der Waals surface area contributed by atoms with Gasteiger partial charge in [0.25, 0.3) is 5.69 Å². The number of amides is 1. The van der Waals surface area contributed by atoms with Gasteiger partial charge in [0.15, 0.2) is 0 Å². The lowest BCUT2D eigenvalue weighted by atomic mass is 10.1. The van der Waals surface area contributed by atoms with Gasteiger partial charge in [-0.05, 0) is 36.2 Å². The van der Waals surface area contributed by atoms with Crippen LogP contribution in [0.15, 0.2) is 77.7 Å². The van der Waals surface area contributed by atoms with Crippen LogP contribution in [0, 0.1) is 10.1 Å². The van der Waals surface area contributed by atoms with E-state index in [9.17, 15) is 23.3 Å². The minimum atomic E-state index is -4.23. The number of nitrogens with one attached hydrogen (secondary N) is 2. The Morgan fingerprint density at radius 3 is 2.41 bits per heavy atom. The molecule has 0 aromatic heterocycles. The maximum atomic E-state index is 13.0. The standard InChI is InChI=1S/C21H17Cl2N3O5S/c22-15-9-10-18(23)20(12-15)32(30,31)25-19(11-14-5-2-1-3-6-14)21(27)24-16-7-4-8-17(13-16)26(28)29/h1-10,12-13,19,25H,11H2,(H,24,27)/t19-/m0/s1. The first-order valence-corrected chi connectivity index (χ1v) is 11.5. The van der Waals surface area contributed by atoms with Crippen molar-refractivity contribution in [3.63, 3.8) is 0 Å². The van der Waals surface area contributed by atoms with Crippen LogP contribution < -0.4 is 10.0 Å². The Hall–Kier alpha value is -2.98. The quantitative estimate of drug-likeness (QED) is 0.355. The second-order valence-corrected chi connectivity index (χ2v) is 9.26. The van der Waals surface area contributed by atoms with Crippen LogP contribution in [0.3, 0.4) is 0 Å². The molecule has 0 aliphatic heterocycles. The first-order valence-electron chi connectivity index (χ1n) is 9.22. The Kier molecular flexibility index (Phi) is 7.47. The van der Waals surface area contributed by atoms with Gasteiger partial charge in [0.05, 0.1) is 9.95 Å². The van der Waals surface area contributed by atoms with E-state index < -0.39 is 26.9 Å². The van der Waals surface area contributed by atoms with Crippen molar-refractivity contribution in [2.45, 2.75) is 17.4 Å². The molecule has 0 unspecified atom stereocenters. The number of halogens is 2. The second-order valence-electron chi connectivity index (χ2n) is 6.74. The first kappa shape index (κ1) is 23.7. The fraction of sp³-hybridized carbons (Fsp3) is 0.0952. The molecule has 1 atom stereocenters. The number of nitrogens with zero attached hydrogens (tertiary/aromatic N) is 1. The normalized spacial score (nSPS) is 12.2. The Labute approximate surface area is 194 Å². The van der Waals surface area contributed by atoms with Crippen molar-refractivity contribution in [3.8, 4) is 0 Å². The van der Waals surface area contributed by atoms with Gasteiger partial charge < -0.3 is 5.32 Å². The number of anilines is 1. The number of benzene rings is 3. The molecule has 8 nitrogen and oxygen atoms in total. The molecule has 3 aromatic carbocycles. The molecule has 1 amide bonds. The maximum Gasteiger partial charge on any atom is 0.271 e. The summed E-state index contributed by atoms with van der Waals surface area (Å²) in [5.74, 6) is -0.698. The molecular weight excluding hydrogens is 477 g/mol. The van der Waals surface area contributed by atoms with E-state index in [1.165, 1.54) is 42.5 Å². The van der Waals surface area contributed by atoms with Crippen molar-refractivity contribution >= 4 is 50.5 Å². The van der Waals surface area contributed by atoms with Crippen LogP contribution in [0.5, 0.6) is 0 Å². The molecule has 2 N–H and O–H groups in total. The lowest BCUT2D eigenvalue weighted by Gasteiger charge is -2.19. The highest BCUT2D eigenvalue weighted by molar-refractivity contribution is 7.89. The molecule has 0 saturated heterocycles. The van der Waals surface area contributed by atoms with Gasteiger partial charge in [-0.2, -0.15) is 4.72 Å². The summed E-state index contributed by atoms with van der Waals surface area (Å²) in [5, 5.41) is 13.6. The number of hydrogen-bond acceptors (Lipinski definition) is 5. The Bertz CT molecular complexity index is 1250. The van der Waals surface area contributed by atoms with E-state index in [-0.39, 0.29) is 32.7 Å². The molecule has 0 aliphatic carbocycles. The van der Waals surface area contributed by atoms with Crippen molar-refractivity contribution in [2.75, 3.05) is 5.32 Å². The van der Waals surface area contributed by atoms with E-state index >= 15 is 0 Å². The summed E-state index contributed by atoms with van der Waals surface area (Å²) >= 11 is 12.0. The Morgan fingerprint density at radius 1 is 1.00 bits per heavy atom. The predicted molar refractivity (Wildman–Crippen MR) is 122 cm³/mol. The zero-order valence-electron chi connectivity index (χ0n) is 16.4. The van der Waals surface area contributed by atoms with Crippen LogP contribution in [0.2, 0.25) is 10.0 Å². The molecule has 0 saturated carbocycles. The van der Waals surface area contributed by atoms with Crippen molar-refractivity contribution in [3.05, 3.63) is 98.5 Å². The fourth-order valence-electron chi connectivity index (χ4n) is 2.90. The maximum absolute atomic E-state index is 13.0. The third-order valence-corrected chi connectivity index (χ3v) is 6.59. The van der Waals surface area contributed by atoms with E-state index in [4.69, 9.17) is 23.2 Å². The van der Waals surface area contributed by atoms with Gasteiger partial charge in [-0.3, -0.25) is 14.9 Å². The van der Waals surface area contributed by atoms with E-state index in [1.54, 1.807) is 30.3 Å². The summed E-state index contributed by atoms with van der Waals surface area (Å²) in [6, 6.07) is 16.9. The van der Waals surface area contributed by atoms with E-state index in [0.717, 1.165) is 0 Å². The molecule has 3 rings (SSSR count). The molecule has 0 spiro atoms. The summed E-state index contributed by atoms with van der Waals surface area (Å²) in [7, 11) is -4.23. The smallest absolute Gasteiger partial charge is 0.271 e. The number of nitro groups is 1. The molecule has 0 bridgehead atoms. The van der Waals surface area contributed by atoms with Crippen molar-refractivity contribution in [1.29, 1.82) is 0 Å². The van der Waals surface area contributed by atoms with Crippen molar-refractivity contribution in [2.24, 2.45) is 0 Å². The lowest BCUT2D eigenvalue weighted by Crippen LogP contribution is -2.45. The molecule has 32 heavy (non-hydrogen) atoms. The SMILES string of the molecule is O=C(Nc1cccc([N+](=O)[O-])c1)[C@H](Cc1ccccc1)NS(=O)(=O)c1cc(Cl)ccc1Cl. The summed E-state index contributed by atoms with van der Waals surface area (Å²) in [4.78, 5) is 23.1. The number of non-ortho nitro benzene ring substituents is 1. The highest BCUT2D eigenvalue weighted by atomic mass is 35.5. The number of carbonyl (C=O) groups excluding carboxylic acids is 1. The number of carbonyl (C=O) groups is 1. The van der Waals surface area contributed by atoms with Gasteiger partial charge in [-0.15, -0.1) is 0 Å². The molecule has 0 heterocycles. The summed E-state index contributed by atoms with van der Waals surface area (Å²) in [5.41, 5.74) is 0.641. The average Bonchev–Trinajstić information content (AvgIpc) is 2.75. The fourth-order valence-corrected chi connectivity index (χ4v) is 4.86. The number of hydrogen-bond donors (Lipinski definition) is 2. The Morgan fingerprint density at radius 2 is 1.72 bits per heavy atom. The molecule has 3 aromatic rings. The van der Waals surface area contributed by atoms with Crippen LogP contribution in [-0.4, -0.2) is 25.3 Å². The van der Waals surface area contributed by atoms with Crippen LogP contribution in [0.1, 0.15) is 5.56 Å². The van der Waals surface area contributed by atoms with E-state index in [2.05, 4.69) is 10.0 Å².